The minimum absolute atomic E-state index is 0.00386. The third-order valence-electron chi connectivity index (χ3n) is 3.90. The Hall–Kier alpha value is -3.21. The average molecular weight is 449 g/mol. The second kappa shape index (κ2) is 9.08. The van der Waals surface area contributed by atoms with Gasteiger partial charge in [-0.3, -0.25) is 9.36 Å². The van der Waals surface area contributed by atoms with Gasteiger partial charge in [0, 0.05) is 19.2 Å². The van der Waals surface area contributed by atoms with Crippen LogP contribution in [0.15, 0.2) is 45.7 Å². The first-order chi connectivity index (χ1) is 14.0. The van der Waals surface area contributed by atoms with Gasteiger partial charge < -0.3 is 14.2 Å². The predicted octanol–water partition coefficient (Wildman–Crippen LogP) is 2.29. The van der Waals surface area contributed by atoms with E-state index < -0.39 is 29.1 Å². The average Bonchev–Trinajstić information content (AvgIpc) is 2.68. The highest BCUT2D eigenvalue weighted by molar-refractivity contribution is 6.32. The molecule has 0 bridgehead atoms. The number of nitrogens with zero attached hydrogens (tertiary/aromatic N) is 2. The maximum atomic E-state index is 13.0. The molecule has 0 unspecified atom stereocenters. The van der Waals surface area contributed by atoms with E-state index >= 15 is 0 Å². The largest absolute Gasteiger partial charge is 0.497 e. The number of benzene rings is 1. The van der Waals surface area contributed by atoms with Crippen LogP contribution in [0.25, 0.3) is 5.69 Å². The molecule has 2 rings (SSSR count). The molecule has 0 aliphatic heterocycles. The Kier molecular flexibility index (Phi) is 6.98. The number of carbonyl (C=O) groups excluding carboxylic acids is 1. The zero-order valence-corrected chi connectivity index (χ0v) is 16.7. The highest BCUT2D eigenvalue weighted by Crippen LogP contribution is 2.28. The van der Waals surface area contributed by atoms with Gasteiger partial charge in [-0.1, -0.05) is 11.6 Å². The number of halogens is 4. The molecule has 0 atom stereocenters. The fourth-order valence-corrected chi connectivity index (χ4v) is 2.55. The SMILES string of the molecule is COC(=O)C=C(COc1cc(-n2c(=O)cc(C(F)(F)F)n(C)c2=O)ccc1Cl)OC. The van der Waals surface area contributed by atoms with E-state index in [1.807, 2.05) is 0 Å². The predicted molar refractivity (Wildman–Crippen MR) is 99.9 cm³/mol. The summed E-state index contributed by atoms with van der Waals surface area (Å²) in [5.41, 5.74) is -3.82. The van der Waals surface area contributed by atoms with Gasteiger partial charge in [-0.25, -0.2) is 14.2 Å². The lowest BCUT2D eigenvalue weighted by molar-refractivity contribution is -0.144. The molecule has 0 saturated carbocycles. The van der Waals surface area contributed by atoms with Crippen molar-refractivity contribution >= 4 is 17.6 Å². The van der Waals surface area contributed by atoms with Crippen LogP contribution in [0.4, 0.5) is 13.2 Å². The van der Waals surface area contributed by atoms with Gasteiger partial charge in [0.2, 0.25) is 0 Å². The molecule has 0 aliphatic rings. The molecule has 1 heterocycles. The van der Waals surface area contributed by atoms with Crippen molar-refractivity contribution in [1.82, 2.24) is 9.13 Å². The van der Waals surface area contributed by atoms with E-state index in [2.05, 4.69) is 4.74 Å². The number of hydrogen-bond acceptors (Lipinski definition) is 6. The normalized spacial score (nSPS) is 11.9. The van der Waals surface area contributed by atoms with Crippen LogP contribution in [0.2, 0.25) is 5.02 Å². The van der Waals surface area contributed by atoms with Crippen molar-refractivity contribution < 1.29 is 32.2 Å². The fourth-order valence-electron chi connectivity index (χ4n) is 2.38. The Labute approximate surface area is 172 Å². The Morgan fingerprint density at radius 2 is 1.83 bits per heavy atom. The van der Waals surface area contributed by atoms with Gasteiger partial charge in [-0.05, 0) is 12.1 Å². The molecule has 0 saturated heterocycles. The molecule has 0 aliphatic carbocycles. The minimum atomic E-state index is -4.87. The van der Waals surface area contributed by atoms with Gasteiger partial charge in [0.1, 0.15) is 23.8 Å². The number of rotatable bonds is 6. The lowest BCUT2D eigenvalue weighted by Crippen LogP contribution is -2.40. The summed E-state index contributed by atoms with van der Waals surface area (Å²) in [6.45, 7) is -0.255. The van der Waals surface area contributed by atoms with Crippen molar-refractivity contribution in [3.63, 3.8) is 0 Å². The van der Waals surface area contributed by atoms with E-state index in [1.54, 1.807) is 0 Å². The summed E-state index contributed by atoms with van der Waals surface area (Å²) in [5.74, 6) is -0.600. The van der Waals surface area contributed by atoms with Crippen LogP contribution in [-0.2, 0) is 27.5 Å². The number of ether oxygens (including phenoxy) is 3. The first-order valence-electron chi connectivity index (χ1n) is 8.15. The number of carbonyl (C=O) groups is 1. The molecule has 0 spiro atoms. The van der Waals surface area contributed by atoms with Crippen molar-refractivity contribution in [3.8, 4) is 11.4 Å². The monoisotopic (exact) mass is 448 g/mol. The molecule has 12 heteroatoms. The molecule has 1 aromatic carbocycles. The molecule has 1 aromatic heterocycles. The van der Waals surface area contributed by atoms with Gasteiger partial charge in [0.05, 0.1) is 31.0 Å². The Bertz CT molecular complexity index is 1100. The molecule has 30 heavy (non-hydrogen) atoms. The fraction of sp³-hybridized carbons (Fsp3) is 0.278. The number of hydrogen-bond donors (Lipinski definition) is 0. The van der Waals surface area contributed by atoms with E-state index in [1.165, 1.54) is 32.4 Å². The standard InChI is InChI=1S/C18H16ClF3N2O6/c1-23-14(18(20,21)22)8-15(25)24(17(23)27)10-4-5-12(19)13(6-10)30-9-11(28-2)7-16(26)29-3/h4-8H,9H2,1-3H3. The second-order valence-electron chi connectivity index (χ2n) is 5.78. The number of aromatic nitrogens is 2. The van der Waals surface area contributed by atoms with E-state index in [-0.39, 0.29) is 28.8 Å². The lowest BCUT2D eigenvalue weighted by Gasteiger charge is -2.15. The smallest absolute Gasteiger partial charge is 0.431 e. The third-order valence-corrected chi connectivity index (χ3v) is 4.21. The summed E-state index contributed by atoms with van der Waals surface area (Å²) < 4.78 is 54.7. The molecule has 0 fully saturated rings. The van der Waals surface area contributed by atoms with Crippen molar-refractivity contribution in [1.29, 1.82) is 0 Å². The van der Waals surface area contributed by atoms with Gasteiger partial charge in [-0.15, -0.1) is 0 Å². The van der Waals surface area contributed by atoms with Crippen LogP contribution in [0, 0.1) is 0 Å². The Morgan fingerprint density at radius 3 is 2.40 bits per heavy atom. The molecular formula is C18H16ClF3N2O6. The van der Waals surface area contributed by atoms with Crippen LogP contribution < -0.4 is 16.0 Å². The van der Waals surface area contributed by atoms with E-state index in [9.17, 15) is 27.6 Å². The summed E-state index contributed by atoms with van der Waals surface area (Å²) in [7, 11) is 3.37. The molecule has 0 N–H and O–H groups in total. The maximum absolute atomic E-state index is 13.0. The molecule has 0 radical (unpaired) electrons. The first-order valence-corrected chi connectivity index (χ1v) is 8.53. The summed E-state index contributed by atoms with van der Waals surface area (Å²) in [6.07, 6.45) is -3.84. The van der Waals surface area contributed by atoms with Crippen LogP contribution in [-0.4, -0.2) is 35.9 Å². The first kappa shape index (κ1) is 23.1. The van der Waals surface area contributed by atoms with Gasteiger partial charge >= 0.3 is 17.8 Å². The van der Waals surface area contributed by atoms with Gasteiger partial charge in [0.15, 0.2) is 0 Å². The molecule has 162 valence electrons. The van der Waals surface area contributed by atoms with Crippen molar-refractivity contribution in [2.45, 2.75) is 6.18 Å². The molecule has 2 aromatic rings. The summed E-state index contributed by atoms with van der Waals surface area (Å²) >= 11 is 6.04. The van der Waals surface area contributed by atoms with E-state index in [0.717, 1.165) is 13.1 Å². The summed E-state index contributed by atoms with van der Waals surface area (Å²) in [5, 5.41) is 0.0871. The highest BCUT2D eigenvalue weighted by atomic mass is 35.5. The minimum Gasteiger partial charge on any atom is -0.497 e. The Morgan fingerprint density at radius 1 is 1.17 bits per heavy atom. The van der Waals surface area contributed by atoms with Gasteiger partial charge in [-0.2, -0.15) is 13.2 Å². The quantitative estimate of drug-likeness (QED) is 0.383. The number of methoxy groups -OCH3 is 2. The van der Waals surface area contributed by atoms with Crippen molar-refractivity contribution in [3.05, 3.63) is 67.7 Å². The second-order valence-corrected chi connectivity index (χ2v) is 6.19. The molecule has 8 nitrogen and oxygen atoms in total. The van der Waals surface area contributed by atoms with E-state index in [0.29, 0.717) is 15.2 Å². The number of esters is 1. The van der Waals surface area contributed by atoms with Crippen LogP contribution in [0.3, 0.4) is 0 Å². The number of alkyl halides is 3. The topological polar surface area (TPSA) is 88.8 Å². The van der Waals surface area contributed by atoms with Crippen LogP contribution >= 0.6 is 11.6 Å². The highest BCUT2D eigenvalue weighted by Gasteiger charge is 2.35. The lowest BCUT2D eigenvalue weighted by atomic mass is 10.3. The zero-order valence-electron chi connectivity index (χ0n) is 15.9. The maximum Gasteiger partial charge on any atom is 0.431 e. The summed E-state index contributed by atoms with van der Waals surface area (Å²) in [6, 6.07) is 4.08. The Balaban J connectivity index is 2.46. The van der Waals surface area contributed by atoms with Crippen LogP contribution in [0.5, 0.6) is 5.75 Å². The van der Waals surface area contributed by atoms with Crippen LogP contribution in [0.1, 0.15) is 5.69 Å². The molecule has 0 amide bonds. The molecular weight excluding hydrogens is 433 g/mol. The zero-order chi connectivity index (χ0) is 22.6. The summed E-state index contributed by atoms with van der Waals surface area (Å²) in [4.78, 5) is 35.9. The van der Waals surface area contributed by atoms with Gasteiger partial charge in [0.25, 0.3) is 5.56 Å². The van der Waals surface area contributed by atoms with E-state index in [4.69, 9.17) is 21.1 Å². The van der Waals surface area contributed by atoms with Crippen molar-refractivity contribution in [2.75, 3.05) is 20.8 Å². The van der Waals surface area contributed by atoms with Crippen molar-refractivity contribution in [2.24, 2.45) is 7.05 Å². The third kappa shape index (κ3) is 5.03.